The third-order valence-corrected chi connectivity index (χ3v) is 5.68. The van der Waals surface area contributed by atoms with Gasteiger partial charge in [-0.3, -0.25) is 4.79 Å². The molecule has 3 heterocycles. The van der Waals surface area contributed by atoms with E-state index in [4.69, 9.17) is 5.73 Å². The zero-order chi connectivity index (χ0) is 18.8. The lowest BCUT2D eigenvalue weighted by Crippen LogP contribution is -2.14. The van der Waals surface area contributed by atoms with E-state index in [1.807, 2.05) is 25.1 Å². The van der Waals surface area contributed by atoms with Crippen molar-refractivity contribution < 1.29 is 4.79 Å². The molecule has 3 aromatic rings. The molecule has 0 aliphatic carbocycles. The predicted octanol–water partition coefficient (Wildman–Crippen LogP) is 3.15. The van der Waals surface area contributed by atoms with E-state index in [1.54, 1.807) is 5.38 Å². The SMILES string of the molecule is Cc1ccc(-c2nnc3n2CCCCC3)cc1NC(=O)c1csc(CN)n1. The van der Waals surface area contributed by atoms with Crippen LogP contribution in [0.15, 0.2) is 23.6 Å². The molecule has 4 rings (SSSR count). The smallest absolute Gasteiger partial charge is 0.275 e. The fraction of sp³-hybridized carbons (Fsp3) is 0.368. The van der Waals surface area contributed by atoms with Crippen LogP contribution >= 0.6 is 11.3 Å². The van der Waals surface area contributed by atoms with E-state index < -0.39 is 0 Å². The van der Waals surface area contributed by atoms with E-state index in [9.17, 15) is 4.79 Å². The first kappa shape index (κ1) is 17.8. The highest BCUT2D eigenvalue weighted by molar-refractivity contribution is 7.09. The van der Waals surface area contributed by atoms with Crippen LogP contribution in [0, 0.1) is 6.92 Å². The lowest BCUT2D eigenvalue weighted by Gasteiger charge is -2.11. The van der Waals surface area contributed by atoms with Gasteiger partial charge in [0.1, 0.15) is 16.5 Å². The van der Waals surface area contributed by atoms with Gasteiger partial charge in [0.05, 0.1) is 0 Å². The number of rotatable bonds is 4. The number of anilines is 1. The minimum atomic E-state index is -0.230. The standard InChI is InChI=1S/C19H22N6OS/c1-12-6-7-13(18-24-23-16-5-3-2-4-8-25(16)18)9-14(12)22-19(26)15-11-27-17(10-20)21-15/h6-7,9,11H,2-5,8,10,20H2,1H3,(H,22,26). The highest BCUT2D eigenvalue weighted by Crippen LogP contribution is 2.27. The van der Waals surface area contributed by atoms with Crippen LogP contribution in [0.2, 0.25) is 0 Å². The van der Waals surface area contributed by atoms with Crippen molar-refractivity contribution in [2.75, 3.05) is 5.32 Å². The average Bonchev–Trinajstić information content (AvgIpc) is 3.25. The third kappa shape index (κ3) is 3.63. The van der Waals surface area contributed by atoms with E-state index in [1.165, 1.54) is 17.8 Å². The maximum atomic E-state index is 12.5. The number of nitrogens with zero attached hydrogens (tertiary/aromatic N) is 4. The average molecular weight is 382 g/mol. The lowest BCUT2D eigenvalue weighted by atomic mass is 10.1. The number of hydrogen-bond donors (Lipinski definition) is 2. The van der Waals surface area contributed by atoms with Gasteiger partial charge in [-0.2, -0.15) is 0 Å². The highest BCUT2D eigenvalue weighted by atomic mass is 32.1. The summed E-state index contributed by atoms with van der Waals surface area (Å²) >= 11 is 1.39. The maximum Gasteiger partial charge on any atom is 0.275 e. The van der Waals surface area contributed by atoms with Crippen molar-refractivity contribution in [3.8, 4) is 11.4 Å². The summed E-state index contributed by atoms with van der Waals surface area (Å²) in [7, 11) is 0. The van der Waals surface area contributed by atoms with Gasteiger partial charge >= 0.3 is 0 Å². The number of fused-ring (bicyclic) bond motifs is 1. The molecule has 0 bridgehead atoms. The number of carbonyl (C=O) groups is 1. The first-order valence-corrected chi connectivity index (χ1v) is 10.0. The Labute approximate surface area is 161 Å². The van der Waals surface area contributed by atoms with Gasteiger partial charge < -0.3 is 15.6 Å². The second kappa shape index (κ2) is 7.58. The summed E-state index contributed by atoms with van der Waals surface area (Å²) in [6.07, 6.45) is 4.48. The molecule has 8 heteroatoms. The quantitative estimate of drug-likeness (QED) is 0.722. The van der Waals surface area contributed by atoms with Crippen molar-refractivity contribution in [2.45, 2.75) is 45.7 Å². The number of aromatic nitrogens is 4. The van der Waals surface area contributed by atoms with E-state index in [0.717, 1.165) is 59.3 Å². The highest BCUT2D eigenvalue weighted by Gasteiger charge is 2.18. The molecule has 3 N–H and O–H groups in total. The zero-order valence-electron chi connectivity index (χ0n) is 15.2. The van der Waals surface area contributed by atoms with Crippen molar-refractivity contribution in [1.82, 2.24) is 19.7 Å². The van der Waals surface area contributed by atoms with Crippen LogP contribution in [0.5, 0.6) is 0 Å². The van der Waals surface area contributed by atoms with E-state index in [-0.39, 0.29) is 5.91 Å². The molecule has 140 valence electrons. The molecule has 1 aromatic carbocycles. The fourth-order valence-electron chi connectivity index (χ4n) is 3.29. The van der Waals surface area contributed by atoms with Crippen LogP contribution in [-0.2, 0) is 19.5 Å². The number of thiazole rings is 1. The number of nitrogens with one attached hydrogen (secondary N) is 1. The van der Waals surface area contributed by atoms with Crippen molar-refractivity contribution in [1.29, 1.82) is 0 Å². The summed E-state index contributed by atoms with van der Waals surface area (Å²) in [5.41, 5.74) is 8.67. The monoisotopic (exact) mass is 382 g/mol. The van der Waals surface area contributed by atoms with Crippen LogP contribution in [0.4, 0.5) is 5.69 Å². The third-order valence-electron chi connectivity index (χ3n) is 4.81. The van der Waals surface area contributed by atoms with Crippen LogP contribution < -0.4 is 11.1 Å². The molecule has 0 unspecified atom stereocenters. The predicted molar refractivity (Wildman–Crippen MR) is 106 cm³/mol. The molecule has 0 saturated carbocycles. The van der Waals surface area contributed by atoms with Crippen molar-refractivity contribution in [2.24, 2.45) is 5.73 Å². The molecule has 0 atom stereocenters. The molecule has 0 radical (unpaired) electrons. The molecule has 1 amide bonds. The van der Waals surface area contributed by atoms with E-state index in [0.29, 0.717) is 12.2 Å². The van der Waals surface area contributed by atoms with Gasteiger partial charge in [-0.05, 0) is 31.4 Å². The Morgan fingerprint density at radius 2 is 2.19 bits per heavy atom. The summed E-state index contributed by atoms with van der Waals surface area (Å²) in [5.74, 6) is 1.68. The Morgan fingerprint density at radius 3 is 3.00 bits per heavy atom. The van der Waals surface area contributed by atoms with Crippen LogP contribution in [-0.4, -0.2) is 25.7 Å². The van der Waals surface area contributed by atoms with Gasteiger partial charge in [0, 0.05) is 36.1 Å². The Kier molecular flexibility index (Phi) is 5.00. The summed E-state index contributed by atoms with van der Waals surface area (Å²) in [6.45, 7) is 3.24. The largest absolute Gasteiger partial charge is 0.325 e. The minimum Gasteiger partial charge on any atom is -0.325 e. The van der Waals surface area contributed by atoms with E-state index >= 15 is 0 Å². The maximum absolute atomic E-state index is 12.5. The lowest BCUT2D eigenvalue weighted by molar-refractivity contribution is 0.102. The van der Waals surface area contributed by atoms with Gasteiger partial charge in [0.2, 0.25) is 0 Å². The Bertz CT molecular complexity index is 976. The van der Waals surface area contributed by atoms with Crippen LogP contribution in [0.1, 0.15) is 46.1 Å². The normalized spacial score (nSPS) is 13.9. The van der Waals surface area contributed by atoms with Crippen molar-refractivity contribution >= 4 is 22.9 Å². The summed E-state index contributed by atoms with van der Waals surface area (Å²) in [4.78, 5) is 16.8. The first-order chi connectivity index (χ1) is 13.2. The topological polar surface area (TPSA) is 98.7 Å². The zero-order valence-corrected chi connectivity index (χ0v) is 16.1. The number of carbonyl (C=O) groups excluding carboxylic acids is 1. The number of hydrogen-bond acceptors (Lipinski definition) is 6. The molecule has 0 fully saturated rings. The summed E-state index contributed by atoms with van der Waals surface area (Å²) < 4.78 is 2.21. The van der Waals surface area contributed by atoms with Gasteiger partial charge in [0.25, 0.3) is 5.91 Å². The molecule has 0 spiro atoms. The Hall–Kier alpha value is -2.58. The summed E-state index contributed by atoms with van der Waals surface area (Å²) in [5, 5.41) is 14.2. The second-order valence-corrected chi connectivity index (χ2v) is 7.66. The molecular weight excluding hydrogens is 360 g/mol. The molecular formula is C19H22N6OS. The van der Waals surface area contributed by atoms with E-state index in [2.05, 4.69) is 25.1 Å². The Balaban J connectivity index is 1.62. The number of amides is 1. The second-order valence-electron chi connectivity index (χ2n) is 6.72. The molecule has 7 nitrogen and oxygen atoms in total. The first-order valence-electron chi connectivity index (χ1n) is 9.14. The molecule has 2 aromatic heterocycles. The summed E-state index contributed by atoms with van der Waals surface area (Å²) in [6, 6.07) is 5.99. The number of benzene rings is 1. The van der Waals surface area contributed by atoms with Gasteiger partial charge in [-0.15, -0.1) is 21.5 Å². The number of aryl methyl sites for hydroxylation is 2. The molecule has 1 aliphatic rings. The molecule has 0 saturated heterocycles. The van der Waals surface area contributed by atoms with Crippen LogP contribution in [0.3, 0.4) is 0 Å². The van der Waals surface area contributed by atoms with Crippen molar-refractivity contribution in [3.63, 3.8) is 0 Å². The molecule has 27 heavy (non-hydrogen) atoms. The van der Waals surface area contributed by atoms with Gasteiger partial charge in [-0.1, -0.05) is 18.6 Å². The minimum absolute atomic E-state index is 0.230. The van der Waals surface area contributed by atoms with Crippen LogP contribution in [0.25, 0.3) is 11.4 Å². The fourth-order valence-corrected chi connectivity index (χ4v) is 3.94. The van der Waals surface area contributed by atoms with Crippen molar-refractivity contribution in [3.05, 3.63) is 45.7 Å². The van der Waals surface area contributed by atoms with Gasteiger partial charge in [0.15, 0.2) is 5.82 Å². The Morgan fingerprint density at radius 1 is 1.30 bits per heavy atom. The van der Waals surface area contributed by atoms with Gasteiger partial charge in [-0.25, -0.2) is 4.98 Å². The number of nitrogens with two attached hydrogens (primary N) is 1. The molecule has 1 aliphatic heterocycles.